The first-order chi connectivity index (χ1) is 10.8. The van der Waals surface area contributed by atoms with Crippen molar-refractivity contribution in [3.8, 4) is 11.3 Å². The van der Waals surface area contributed by atoms with Crippen LogP contribution in [-0.2, 0) is 0 Å². The minimum absolute atomic E-state index is 0.209. The monoisotopic (exact) mass is 317 g/mol. The molecule has 0 bridgehead atoms. The first kappa shape index (κ1) is 15.4. The average Bonchev–Trinajstić information content (AvgIpc) is 2.56. The van der Waals surface area contributed by atoms with Crippen molar-refractivity contribution >= 4 is 11.6 Å². The van der Waals surface area contributed by atoms with Crippen LogP contribution in [0.3, 0.4) is 0 Å². The van der Waals surface area contributed by atoms with Crippen LogP contribution >= 0.6 is 11.6 Å². The van der Waals surface area contributed by atoms with Gasteiger partial charge >= 0.3 is 0 Å². The van der Waals surface area contributed by atoms with Gasteiger partial charge in [0.1, 0.15) is 0 Å². The van der Waals surface area contributed by atoms with Crippen molar-refractivity contribution in [2.75, 3.05) is 26.2 Å². The zero-order valence-electron chi connectivity index (χ0n) is 12.5. The molecule has 1 aliphatic rings. The van der Waals surface area contributed by atoms with Crippen LogP contribution in [0.4, 0.5) is 0 Å². The van der Waals surface area contributed by atoms with Gasteiger partial charge in [-0.05, 0) is 31.5 Å². The fourth-order valence-corrected chi connectivity index (χ4v) is 3.20. The number of aliphatic hydroxyl groups excluding tert-OH is 1. The van der Waals surface area contributed by atoms with E-state index in [1.807, 2.05) is 30.5 Å². The van der Waals surface area contributed by atoms with Crippen molar-refractivity contribution in [1.82, 2.24) is 14.9 Å². The van der Waals surface area contributed by atoms with Gasteiger partial charge in [-0.15, -0.1) is 0 Å². The van der Waals surface area contributed by atoms with E-state index in [1.54, 1.807) is 6.20 Å². The number of aromatic nitrogens is 2. The van der Waals surface area contributed by atoms with Crippen LogP contribution in [0, 0.1) is 0 Å². The van der Waals surface area contributed by atoms with E-state index in [2.05, 4.69) is 9.88 Å². The molecular weight excluding hydrogens is 298 g/mol. The highest BCUT2D eigenvalue weighted by molar-refractivity contribution is 6.30. The number of nitrogens with zero attached hydrogens (tertiary/aromatic N) is 3. The maximum absolute atomic E-state index is 9.11. The summed E-state index contributed by atoms with van der Waals surface area (Å²) in [6.07, 6.45) is 5.90. The Bertz CT molecular complexity index is 633. The third kappa shape index (κ3) is 3.64. The molecule has 3 rings (SSSR count). The number of rotatable bonds is 4. The van der Waals surface area contributed by atoms with E-state index >= 15 is 0 Å². The molecule has 1 fully saturated rings. The quantitative estimate of drug-likeness (QED) is 0.942. The number of hydrogen-bond donors (Lipinski definition) is 1. The highest BCUT2D eigenvalue weighted by atomic mass is 35.5. The Hall–Kier alpha value is -1.49. The predicted molar refractivity (Wildman–Crippen MR) is 88.0 cm³/mol. The largest absolute Gasteiger partial charge is 0.395 e. The fraction of sp³-hybridized carbons (Fsp3) is 0.412. The number of aliphatic hydroxyl groups is 1. The van der Waals surface area contributed by atoms with Gasteiger partial charge < -0.3 is 10.0 Å². The standard InChI is InChI=1S/C17H20ClN3O/c18-15-5-1-3-13(9-15)16-10-19-11-17(20-16)14-4-2-6-21(12-14)7-8-22/h1,3,5,9-11,14,22H,2,4,6-8,12H2/t14-/m0/s1. The second-order valence-corrected chi connectivity index (χ2v) is 6.14. The molecule has 0 unspecified atom stereocenters. The van der Waals surface area contributed by atoms with Crippen LogP contribution in [-0.4, -0.2) is 46.2 Å². The molecule has 0 aliphatic carbocycles. The number of halogens is 1. The molecule has 0 spiro atoms. The second-order valence-electron chi connectivity index (χ2n) is 5.70. The topological polar surface area (TPSA) is 49.2 Å². The Morgan fingerprint density at radius 3 is 3.05 bits per heavy atom. The predicted octanol–water partition coefficient (Wildman–Crippen LogP) is 2.97. The van der Waals surface area contributed by atoms with E-state index in [9.17, 15) is 0 Å². The van der Waals surface area contributed by atoms with E-state index < -0.39 is 0 Å². The highest BCUT2D eigenvalue weighted by Crippen LogP contribution is 2.27. The molecule has 22 heavy (non-hydrogen) atoms. The molecular formula is C17H20ClN3O. The van der Waals surface area contributed by atoms with E-state index in [0.717, 1.165) is 49.4 Å². The average molecular weight is 318 g/mol. The second kappa shape index (κ2) is 7.18. The molecule has 0 radical (unpaired) electrons. The molecule has 116 valence electrons. The molecule has 1 saturated heterocycles. The van der Waals surface area contributed by atoms with Crippen LogP contribution in [0.15, 0.2) is 36.7 Å². The van der Waals surface area contributed by atoms with E-state index in [-0.39, 0.29) is 6.61 Å². The van der Waals surface area contributed by atoms with E-state index in [1.165, 1.54) is 0 Å². The minimum atomic E-state index is 0.209. The summed E-state index contributed by atoms with van der Waals surface area (Å²) in [6.45, 7) is 2.94. The molecule has 5 heteroatoms. The Labute approximate surface area is 135 Å². The minimum Gasteiger partial charge on any atom is -0.395 e. The molecule has 1 aliphatic heterocycles. The number of hydrogen-bond acceptors (Lipinski definition) is 4. The Morgan fingerprint density at radius 1 is 1.32 bits per heavy atom. The van der Waals surface area contributed by atoms with Crippen LogP contribution in [0.25, 0.3) is 11.3 Å². The Balaban J connectivity index is 1.82. The molecule has 2 heterocycles. The lowest BCUT2D eigenvalue weighted by Gasteiger charge is -2.31. The Morgan fingerprint density at radius 2 is 2.23 bits per heavy atom. The lowest BCUT2D eigenvalue weighted by Crippen LogP contribution is -2.36. The van der Waals surface area contributed by atoms with Crippen molar-refractivity contribution < 1.29 is 5.11 Å². The number of β-amino-alcohol motifs (C(OH)–C–C–N with tert-alkyl or cyclic N) is 1. The smallest absolute Gasteiger partial charge is 0.0889 e. The highest BCUT2D eigenvalue weighted by Gasteiger charge is 2.22. The number of piperidine rings is 1. The summed E-state index contributed by atoms with van der Waals surface area (Å²) in [5.41, 5.74) is 2.88. The van der Waals surface area contributed by atoms with Gasteiger partial charge in [-0.2, -0.15) is 0 Å². The summed E-state index contributed by atoms with van der Waals surface area (Å²) >= 11 is 6.06. The normalized spacial score (nSPS) is 19.3. The van der Waals surface area contributed by atoms with Gasteiger partial charge in [0.2, 0.25) is 0 Å². The molecule has 0 amide bonds. The molecule has 1 atom stereocenters. The molecule has 0 saturated carbocycles. The lowest BCUT2D eigenvalue weighted by atomic mass is 9.95. The van der Waals surface area contributed by atoms with Gasteiger partial charge in [0.15, 0.2) is 0 Å². The summed E-state index contributed by atoms with van der Waals surface area (Å²) in [6, 6.07) is 7.69. The summed E-state index contributed by atoms with van der Waals surface area (Å²) in [5, 5.41) is 9.82. The third-order valence-corrected chi connectivity index (χ3v) is 4.35. The van der Waals surface area contributed by atoms with Crippen LogP contribution in [0.5, 0.6) is 0 Å². The summed E-state index contributed by atoms with van der Waals surface area (Å²) in [7, 11) is 0. The zero-order valence-corrected chi connectivity index (χ0v) is 13.2. The molecule has 1 N–H and O–H groups in total. The van der Waals surface area contributed by atoms with Crippen molar-refractivity contribution in [2.24, 2.45) is 0 Å². The summed E-state index contributed by atoms with van der Waals surface area (Å²) in [4.78, 5) is 11.4. The third-order valence-electron chi connectivity index (χ3n) is 4.11. The number of likely N-dealkylation sites (tertiary alicyclic amines) is 1. The SMILES string of the molecule is OCCN1CCC[C@H](c2cncc(-c3cccc(Cl)c3)n2)C1. The first-order valence-corrected chi connectivity index (χ1v) is 8.05. The Kier molecular flexibility index (Phi) is 5.03. The van der Waals surface area contributed by atoms with Crippen molar-refractivity contribution in [1.29, 1.82) is 0 Å². The molecule has 1 aromatic carbocycles. The summed E-state index contributed by atoms with van der Waals surface area (Å²) in [5.74, 6) is 0.381. The van der Waals surface area contributed by atoms with Crippen molar-refractivity contribution in [2.45, 2.75) is 18.8 Å². The maximum Gasteiger partial charge on any atom is 0.0889 e. The fourth-order valence-electron chi connectivity index (χ4n) is 3.01. The maximum atomic E-state index is 9.11. The molecule has 2 aromatic rings. The molecule has 1 aromatic heterocycles. The van der Waals surface area contributed by atoms with Gasteiger partial charge in [0, 0.05) is 35.8 Å². The summed E-state index contributed by atoms with van der Waals surface area (Å²) < 4.78 is 0. The van der Waals surface area contributed by atoms with Gasteiger partial charge in [-0.3, -0.25) is 4.98 Å². The number of benzene rings is 1. The van der Waals surface area contributed by atoms with E-state index in [4.69, 9.17) is 21.7 Å². The van der Waals surface area contributed by atoms with Crippen LogP contribution < -0.4 is 0 Å². The van der Waals surface area contributed by atoms with Crippen molar-refractivity contribution in [3.63, 3.8) is 0 Å². The van der Waals surface area contributed by atoms with Crippen LogP contribution in [0.2, 0.25) is 5.02 Å². The van der Waals surface area contributed by atoms with Crippen LogP contribution in [0.1, 0.15) is 24.5 Å². The first-order valence-electron chi connectivity index (χ1n) is 7.67. The zero-order chi connectivity index (χ0) is 15.4. The van der Waals surface area contributed by atoms with Crippen molar-refractivity contribution in [3.05, 3.63) is 47.4 Å². The van der Waals surface area contributed by atoms with Gasteiger partial charge in [-0.25, -0.2) is 4.98 Å². The van der Waals surface area contributed by atoms with Gasteiger partial charge in [-0.1, -0.05) is 23.7 Å². The van der Waals surface area contributed by atoms with E-state index in [0.29, 0.717) is 10.9 Å². The van der Waals surface area contributed by atoms with Gasteiger partial charge in [0.25, 0.3) is 0 Å². The molecule has 4 nitrogen and oxygen atoms in total. The van der Waals surface area contributed by atoms with Gasteiger partial charge in [0.05, 0.1) is 24.2 Å². The lowest BCUT2D eigenvalue weighted by molar-refractivity contribution is 0.160.